The molecule has 2 aromatic rings. The van der Waals surface area contributed by atoms with Gasteiger partial charge in [0.15, 0.2) is 21.9 Å². The standard InChI is InChI=1S/C17H17BrO6S/c1-12(17(19)22-11-25(2,20)21)23-14-7-9-16(10-8-14)24-15-5-3-13(18)4-6-15/h3-10,12H,11H2,1-2H3. The van der Waals surface area contributed by atoms with E-state index in [4.69, 9.17) is 9.47 Å². The predicted molar refractivity (Wildman–Crippen MR) is 96.6 cm³/mol. The Morgan fingerprint density at radius 1 is 1.00 bits per heavy atom. The van der Waals surface area contributed by atoms with Crippen LogP contribution in [-0.4, -0.2) is 32.7 Å². The Morgan fingerprint density at radius 3 is 2.00 bits per heavy atom. The summed E-state index contributed by atoms with van der Waals surface area (Å²) in [4.78, 5) is 11.7. The molecule has 1 unspecified atom stereocenters. The van der Waals surface area contributed by atoms with Crippen molar-refractivity contribution in [3.8, 4) is 17.2 Å². The number of sulfone groups is 1. The van der Waals surface area contributed by atoms with Gasteiger partial charge in [-0.2, -0.15) is 0 Å². The van der Waals surface area contributed by atoms with Gasteiger partial charge in [-0.25, -0.2) is 13.2 Å². The minimum Gasteiger partial charge on any atom is -0.479 e. The maximum absolute atomic E-state index is 11.7. The summed E-state index contributed by atoms with van der Waals surface area (Å²) in [6.07, 6.45) is 0.0515. The maximum Gasteiger partial charge on any atom is 0.348 e. The molecule has 0 radical (unpaired) electrons. The zero-order chi connectivity index (χ0) is 18.4. The third kappa shape index (κ3) is 6.75. The number of ether oxygens (including phenoxy) is 3. The second-order valence-electron chi connectivity index (χ2n) is 5.29. The van der Waals surface area contributed by atoms with Gasteiger partial charge >= 0.3 is 5.97 Å². The van der Waals surface area contributed by atoms with Crippen LogP contribution >= 0.6 is 15.9 Å². The van der Waals surface area contributed by atoms with E-state index < -0.39 is 27.8 Å². The molecular formula is C17H17BrO6S. The molecule has 1 atom stereocenters. The predicted octanol–water partition coefficient (Wildman–Crippen LogP) is 3.55. The highest BCUT2D eigenvalue weighted by Gasteiger charge is 2.18. The molecule has 0 aliphatic rings. The highest BCUT2D eigenvalue weighted by Crippen LogP contribution is 2.25. The van der Waals surface area contributed by atoms with Gasteiger partial charge in [-0.3, -0.25) is 0 Å². The van der Waals surface area contributed by atoms with Crippen LogP contribution in [0.2, 0.25) is 0 Å². The van der Waals surface area contributed by atoms with Gasteiger partial charge in [0.1, 0.15) is 17.2 Å². The van der Waals surface area contributed by atoms with Crippen LogP contribution in [0.3, 0.4) is 0 Å². The smallest absolute Gasteiger partial charge is 0.348 e. The zero-order valence-electron chi connectivity index (χ0n) is 13.6. The number of benzene rings is 2. The third-order valence-corrected chi connectivity index (χ3v) is 4.01. The summed E-state index contributed by atoms with van der Waals surface area (Å²) >= 11 is 3.35. The topological polar surface area (TPSA) is 78.9 Å². The molecule has 2 aromatic carbocycles. The molecule has 0 bridgehead atoms. The van der Waals surface area contributed by atoms with Crippen molar-refractivity contribution in [3.05, 3.63) is 53.0 Å². The summed E-state index contributed by atoms with van der Waals surface area (Å²) in [5.41, 5.74) is 0. The number of rotatable bonds is 7. The molecule has 0 aliphatic heterocycles. The van der Waals surface area contributed by atoms with Crippen molar-refractivity contribution in [2.45, 2.75) is 13.0 Å². The van der Waals surface area contributed by atoms with Gasteiger partial charge in [-0.1, -0.05) is 15.9 Å². The van der Waals surface area contributed by atoms with E-state index in [9.17, 15) is 13.2 Å². The van der Waals surface area contributed by atoms with Gasteiger partial charge in [0, 0.05) is 10.7 Å². The van der Waals surface area contributed by atoms with Crippen LogP contribution in [0.1, 0.15) is 6.92 Å². The fraction of sp³-hybridized carbons (Fsp3) is 0.235. The lowest BCUT2D eigenvalue weighted by atomic mass is 10.3. The molecule has 134 valence electrons. The molecule has 0 fully saturated rings. The summed E-state index contributed by atoms with van der Waals surface area (Å²) in [5, 5.41) is 0. The van der Waals surface area contributed by atoms with Crippen LogP contribution in [0.4, 0.5) is 0 Å². The van der Waals surface area contributed by atoms with Gasteiger partial charge < -0.3 is 14.2 Å². The average Bonchev–Trinajstić information content (AvgIpc) is 2.56. The zero-order valence-corrected chi connectivity index (χ0v) is 16.0. The molecule has 0 aromatic heterocycles. The summed E-state index contributed by atoms with van der Waals surface area (Å²) in [6.45, 7) is 1.48. The molecule has 0 heterocycles. The van der Waals surface area contributed by atoms with E-state index in [0.29, 0.717) is 17.2 Å². The van der Waals surface area contributed by atoms with Gasteiger partial charge in [-0.15, -0.1) is 0 Å². The molecule has 0 saturated carbocycles. The second-order valence-corrected chi connectivity index (χ2v) is 8.30. The van der Waals surface area contributed by atoms with E-state index in [2.05, 4.69) is 20.7 Å². The first-order valence-electron chi connectivity index (χ1n) is 7.27. The molecule has 0 saturated heterocycles. The summed E-state index contributed by atoms with van der Waals surface area (Å²) in [5.74, 6) is 0.323. The van der Waals surface area contributed by atoms with E-state index in [1.807, 2.05) is 24.3 Å². The van der Waals surface area contributed by atoms with Gasteiger partial charge in [0.05, 0.1) is 0 Å². The Labute approximate surface area is 154 Å². The molecular weight excluding hydrogens is 412 g/mol. The van der Waals surface area contributed by atoms with Crippen LogP contribution in [0.25, 0.3) is 0 Å². The minimum absolute atomic E-state index is 0.437. The van der Waals surface area contributed by atoms with Crippen LogP contribution < -0.4 is 9.47 Å². The number of hydrogen-bond donors (Lipinski definition) is 0. The van der Waals surface area contributed by atoms with Crippen molar-refractivity contribution in [1.82, 2.24) is 0 Å². The number of halogens is 1. The molecule has 0 N–H and O–H groups in total. The Morgan fingerprint density at radius 2 is 1.48 bits per heavy atom. The Hall–Kier alpha value is -2.06. The largest absolute Gasteiger partial charge is 0.479 e. The SMILES string of the molecule is CC(Oc1ccc(Oc2ccc(Br)cc2)cc1)C(=O)OCS(C)(=O)=O. The van der Waals surface area contributed by atoms with E-state index in [1.165, 1.54) is 6.92 Å². The monoisotopic (exact) mass is 428 g/mol. The fourth-order valence-electron chi connectivity index (χ4n) is 1.76. The van der Waals surface area contributed by atoms with Crippen molar-refractivity contribution in [1.29, 1.82) is 0 Å². The molecule has 2 rings (SSSR count). The van der Waals surface area contributed by atoms with E-state index >= 15 is 0 Å². The van der Waals surface area contributed by atoms with Gasteiger partial charge in [0.2, 0.25) is 0 Å². The van der Waals surface area contributed by atoms with Gasteiger partial charge in [0.25, 0.3) is 0 Å². The average molecular weight is 429 g/mol. The summed E-state index contributed by atoms with van der Waals surface area (Å²) in [6, 6.07) is 14.1. The Bertz CT molecular complexity index is 815. The normalized spacial score (nSPS) is 12.3. The first-order valence-corrected chi connectivity index (χ1v) is 10.1. The summed E-state index contributed by atoms with van der Waals surface area (Å²) < 4.78 is 38.7. The minimum atomic E-state index is -3.38. The lowest BCUT2D eigenvalue weighted by Gasteiger charge is -2.14. The molecule has 8 heteroatoms. The first kappa shape index (κ1) is 19.3. The number of esters is 1. The molecule has 0 spiro atoms. The Balaban J connectivity index is 1.91. The highest BCUT2D eigenvalue weighted by atomic mass is 79.9. The van der Waals surface area contributed by atoms with Crippen LogP contribution in [0.15, 0.2) is 53.0 Å². The molecule has 0 aliphatic carbocycles. The molecule has 0 amide bonds. The van der Waals surface area contributed by atoms with Crippen molar-refractivity contribution < 1.29 is 27.4 Å². The fourth-order valence-corrected chi connectivity index (χ4v) is 2.35. The third-order valence-electron chi connectivity index (χ3n) is 2.93. The van der Waals surface area contributed by atoms with Gasteiger partial charge in [-0.05, 0) is 55.5 Å². The molecule has 6 nitrogen and oxygen atoms in total. The quantitative estimate of drug-likeness (QED) is 0.627. The van der Waals surface area contributed by atoms with Crippen molar-refractivity contribution >= 4 is 31.7 Å². The lowest BCUT2D eigenvalue weighted by molar-refractivity contribution is -0.148. The van der Waals surface area contributed by atoms with Crippen LogP contribution in [-0.2, 0) is 19.4 Å². The molecule has 25 heavy (non-hydrogen) atoms. The van der Waals surface area contributed by atoms with Crippen molar-refractivity contribution in [3.63, 3.8) is 0 Å². The van der Waals surface area contributed by atoms with Crippen molar-refractivity contribution in [2.75, 3.05) is 12.2 Å². The number of carbonyl (C=O) groups is 1. The van der Waals surface area contributed by atoms with E-state index in [-0.39, 0.29) is 0 Å². The van der Waals surface area contributed by atoms with E-state index in [0.717, 1.165) is 10.7 Å². The maximum atomic E-state index is 11.7. The number of hydrogen-bond acceptors (Lipinski definition) is 6. The lowest BCUT2D eigenvalue weighted by Crippen LogP contribution is -2.27. The number of carbonyl (C=O) groups excluding carboxylic acids is 1. The van der Waals surface area contributed by atoms with Crippen LogP contribution in [0, 0.1) is 0 Å². The van der Waals surface area contributed by atoms with Crippen LogP contribution in [0.5, 0.6) is 17.2 Å². The van der Waals surface area contributed by atoms with Crippen molar-refractivity contribution in [2.24, 2.45) is 0 Å². The Kier molecular flexibility index (Phi) is 6.44. The highest BCUT2D eigenvalue weighted by molar-refractivity contribution is 9.10. The second kappa shape index (κ2) is 8.35. The van der Waals surface area contributed by atoms with E-state index in [1.54, 1.807) is 24.3 Å². The first-order chi connectivity index (χ1) is 11.7. The summed E-state index contributed by atoms with van der Waals surface area (Å²) in [7, 11) is -3.38.